The Balaban J connectivity index is 2.05. The minimum absolute atomic E-state index is 0.125. The first kappa shape index (κ1) is 20.2. The van der Waals surface area contributed by atoms with Crippen LogP contribution in [0, 0.1) is 0 Å². The molecule has 4 rings (SSSR count). The molecule has 3 aromatic rings. The second-order valence-electron chi connectivity index (χ2n) is 7.40. The van der Waals surface area contributed by atoms with Gasteiger partial charge in [-0.05, 0) is 28.7 Å². The number of hydrogen-bond acceptors (Lipinski definition) is 1. The van der Waals surface area contributed by atoms with Gasteiger partial charge in [-0.1, -0.05) is 103 Å². The molecule has 0 spiro atoms. The van der Waals surface area contributed by atoms with Gasteiger partial charge in [-0.3, -0.25) is 0 Å². The fourth-order valence-corrected chi connectivity index (χ4v) is 4.40. The van der Waals surface area contributed by atoms with E-state index in [1.807, 2.05) is 30.3 Å². The standard InChI is InChI=1S/C26H21F3O/c27-26(28,29)24-20(18-19-10-4-1-5-11-19)16-17-23(30)25(24,21-12-6-2-7-13-21)22-14-8-3-9-15-22/h1-17,23,30H,18H2. The third-order valence-electron chi connectivity index (χ3n) is 5.62. The molecule has 1 aliphatic carbocycles. The molecule has 0 aromatic heterocycles. The smallest absolute Gasteiger partial charge is 0.387 e. The van der Waals surface area contributed by atoms with Crippen molar-refractivity contribution in [2.75, 3.05) is 0 Å². The Morgan fingerprint density at radius 2 is 1.20 bits per heavy atom. The van der Waals surface area contributed by atoms with Gasteiger partial charge in [-0.15, -0.1) is 0 Å². The molecule has 1 nitrogen and oxygen atoms in total. The maximum atomic E-state index is 14.7. The quantitative estimate of drug-likeness (QED) is 0.563. The van der Waals surface area contributed by atoms with Crippen LogP contribution in [-0.4, -0.2) is 17.4 Å². The van der Waals surface area contributed by atoms with E-state index in [1.54, 1.807) is 60.7 Å². The summed E-state index contributed by atoms with van der Waals surface area (Å²) in [5.74, 6) is 0. The summed E-state index contributed by atoms with van der Waals surface area (Å²) in [6, 6.07) is 26.0. The molecule has 0 saturated heterocycles. The highest BCUT2D eigenvalue weighted by molar-refractivity contribution is 5.59. The van der Waals surface area contributed by atoms with Gasteiger partial charge in [0.05, 0.1) is 17.1 Å². The predicted molar refractivity (Wildman–Crippen MR) is 112 cm³/mol. The van der Waals surface area contributed by atoms with E-state index in [9.17, 15) is 18.3 Å². The number of aliphatic hydroxyl groups excluding tert-OH is 1. The van der Waals surface area contributed by atoms with E-state index in [-0.39, 0.29) is 12.0 Å². The van der Waals surface area contributed by atoms with Crippen LogP contribution in [0.25, 0.3) is 0 Å². The summed E-state index contributed by atoms with van der Waals surface area (Å²) in [5.41, 5.74) is -0.709. The Morgan fingerprint density at radius 1 is 0.733 bits per heavy atom. The minimum Gasteiger partial charge on any atom is -0.387 e. The highest BCUT2D eigenvalue weighted by Crippen LogP contribution is 2.52. The molecule has 1 aliphatic rings. The zero-order valence-corrected chi connectivity index (χ0v) is 16.2. The maximum Gasteiger partial charge on any atom is 0.414 e. The normalized spacial score (nSPS) is 18.5. The van der Waals surface area contributed by atoms with E-state index in [0.717, 1.165) is 5.56 Å². The topological polar surface area (TPSA) is 20.2 Å². The number of rotatable bonds is 4. The average Bonchev–Trinajstić information content (AvgIpc) is 2.76. The van der Waals surface area contributed by atoms with Crippen molar-refractivity contribution in [3.05, 3.63) is 131 Å². The van der Waals surface area contributed by atoms with Crippen molar-refractivity contribution in [1.82, 2.24) is 0 Å². The number of hydrogen-bond donors (Lipinski definition) is 1. The lowest BCUT2D eigenvalue weighted by Gasteiger charge is -2.44. The number of alkyl halides is 3. The van der Waals surface area contributed by atoms with E-state index in [0.29, 0.717) is 11.1 Å². The Morgan fingerprint density at radius 3 is 1.67 bits per heavy atom. The van der Waals surface area contributed by atoms with Crippen molar-refractivity contribution in [1.29, 1.82) is 0 Å². The van der Waals surface area contributed by atoms with Gasteiger partial charge in [0.1, 0.15) is 0 Å². The zero-order chi connectivity index (χ0) is 21.2. The Labute approximate surface area is 173 Å². The van der Waals surface area contributed by atoms with Gasteiger partial charge in [0.15, 0.2) is 0 Å². The second kappa shape index (κ2) is 7.96. The van der Waals surface area contributed by atoms with E-state index >= 15 is 0 Å². The molecule has 0 radical (unpaired) electrons. The largest absolute Gasteiger partial charge is 0.414 e. The second-order valence-corrected chi connectivity index (χ2v) is 7.40. The van der Waals surface area contributed by atoms with Crippen molar-refractivity contribution in [2.24, 2.45) is 0 Å². The summed E-state index contributed by atoms with van der Waals surface area (Å²) in [5, 5.41) is 11.1. The number of aliphatic hydroxyl groups is 1. The summed E-state index contributed by atoms with van der Waals surface area (Å²) in [4.78, 5) is 0. The van der Waals surface area contributed by atoms with Crippen molar-refractivity contribution >= 4 is 0 Å². The van der Waals surface area contributed by atoms with Crippen molar-refractivity contribution in [2.45, 2.75) is 24.1 Å². The van der Waals surface area contributed by atoms with Gasteiger partial charge < -0.3 is 5.11 Å². The molecular formula is C26H21F3O. The summed E-state index contributed by atoms with van der Waals surface area (Å²) in [6.45, 7) is 0. The molecule has 0 amide bonds. The molecule has 1 atom stereocenters. The van der Waals surface area contributed by atoms with Crippen molar-refractivity contribution in [3.8, 4) is 0 Å². The first-order chi connectivity index (χ1) is 14.4. The molecule has 3 aromatic carbocycles. The molecule has 0 saturated carbocycles. The van der Waals surface area contributed by atoms with Crippen LogP contribution >= 0.6 is 0 Å². The van der Waals surface area contributed by atoms with Crippen molar-refractivity contribution < 1.29 is 18.3 Å². The number of halogens is 3. The monoisotopic (exact) mass is 406 g/mol. The van der Waals surface area contributed by atoms with Crippen LogP contribution in [0.2, 0.25) is 0 Å². The molecule has 0 bridgehead atoms. The molecule has 0 heterocycles. The number of allylic oxidation sites excluding steroid dienone is 2. The molecule has 1 N–H and O–H groups in total. The summed E-state index contributed by atoms with van der Waals surface area (Å²) >= 11 is 0. The molecule has 1 unspecified atom stereocenters. The predicted octanol–water partition coefficient (Wildman–Crippen LogP) is 6.01. The number of benzene rings is 3. The van der Waals surface area contributed by atoms with Crippen LogP contribution in [0.1, 0.15) is 16.7 Å². The Kier molecular flexibility index (Phi) is 5.35. The van der Waals surface area contributed by atoms with Crippen LogP contribution in [0.3, 0.4) is 0 Å². The lowest BCUT2D eigenvalue weighted by atomic mass is 9.61. The first-order valence-corrected chi connectivity index (χ1v) is 9.76. The van der Waals surface area contributed by atoms with E-state index in [4.69, 9.17) is 0 Å². The molecule has 4 heteroatoms. The van der Waals surface area contributed by atoms with Gasteiger partial charge in [0, 0.05) is 0 Å². The zero-order valence-electron chi connectivity index (χ0n) is 16.2. The van der Waals surface area contributed by atoms with Crippen LogP contribution in [-0.2, 0) is 11.8 Å². The Hall–Kier alpha value is -3.11. The lowest BCUT2D eigenvalue weighted by Crippen LogP contribution is -2.48. The van der Waals surface area contributed by atoms with E-state index in [2.05, 4.69) is 0 Å². The Bertz CT molecular complexity index is 1010. The minimum atomic E-state index is -4.64. The lowest BCUT2D eigenvalue weighted by molar-refractivity contribution is -0.105. The van der Waals surface area contributed by atoms with Crippen molar-refractivity contribution in [3.63, 3.8) is 0 Å². The van der Waals surface area contributed by atoms with Crippen LogP contribution in [0.4, 0.5) is 13.2 Å². The first-order valence-electron chi connectivity index (χ1n) is 9.76. The fourth-order valence-electron chi connectivity index (χ4n) is 4.40. The summed E-state index contributed by atoms with van der Waals surface area (Å²) in [6.07, 6.45) is -2.97. The molecule has 0 fully saturated rings. The summed E-state index contributed by atoms with van der Waals surface area (Å²) in [7, 11) is 0. The third-order valence-corrected chi connectivity index (χ3v) is 5.62. The molecular weight excluding hydrogens is 385 g/mol. The summed E-state index contributed by atoms with van der Waals surface area (Å²) < 4.78 is 44.2. The van der Waals surface area contributed by atoms with Gasteiger partial charge in [-0.25, -0.2) is 0 Å². The van der Waals surface area contributed by atoms with Gasteiger partial charge in [0.25, 0.3) is 0 Å². The van der Waals surface area contributed by atoms with Crippen LogP contribution in [0.5, 0.6) is 0 Å². The van der Waals surface area contributed by atoms with E-state index < -0.39 is 23.3 Å². The third kappa shape index (κ3) is 3.48. The van der Waals surface area contributed by atoms with Gasteiger partial charge in [-0.2, -0.15) is 13.2 Å². The fraction of sp³-hybridized carbons (Fsp3) is 0.154. The van der Waals surface area contributed by atoms with Crippen LogP contribution < -0.4 is 0 Å². The van der Waals surface area contributed by atoms with Crippen LogP contribution in [0.15, 0.2) is 114 Å². The molecule has 30 heavy (non-hydrogen) atoms. The van der Waals surface area contributed by atoms with E-state index in [1.165, 1.54) is 12.2 Å². The van der Waals surface area contributed by atoms with Gasteiger partial charge >= 0.3 is 6.18 Å². The van der Waals surface area contributed by atoms with Gasteiger partial charge in [0.2, 0.25) is 0 Å². The maximum absolute atomic E-state index is 14.7. The molecule has 0 aliphatic heterocycles. The highest BCUT2D eigenvalue weighted by atomic mass is 19.4. The SMILES string of the molecule is OC1C=CC(Cc2ccccc2)=C(C(F)(F)F)C1(c1ccccc1)c1ccccc1. The molecule has 152 valence electrons. The average molecular weight is 406 g/mol. The highest BCUT2D eigenvalue weighted by Gasteiger charge is 2.56.